The second-order valence-electron chi connectivity index (χ2n) is 2.96. The summed E-state index contributed by atoms with van der Waals surface area (Å²) in [5, 5.41) is 0. The molecule has 0 spiro atoms. The second kappa shape index (κ2) is 7.39. The molecule has 0 radical (unpaired) electrons. The van der Waals surface area contributed by atoms with E-state index in [1.165, 1.54) is 6.92 Å². The zero-order chi connectivity index (χ0) is 13.5. The summed E-state index contributed by atoms with van der Waals surface area (Å²) >= 11 is 0. The van der Waals surface area contributed by atoms with Crippen LogP contribution in [0, 0.1) is 0 Å². The number of ether oxygens (including phenoxy) is 2. The highest BCUT2D eigenvalue weighted by molar-refractivity contribution is 7.45. The van der Waals surface area contributed by atoms with E-state index in [1.807, 2.05) is 0 Å². The highest BCUT2D eigenvalue weighted by Gasteiger charge is 2.17. The van der Waals surface area contributed by atoms with Crippen LogP contribution in [0.15, 0.2) is 0 Å². The van der Waals surface area contributed by atoms with E-state index >= 15 is 0 Å². The van der Waals surface area contributed by atoms with Crippen molar-refractivity contribution < 1.29 is 37.6 Å². The van der Waals surface area contributed by atoms with Gasteiger partial charge < -0.3 is 23.4 Å². The third-order valence-corrected chi connectivity index (χ3v) is 2.36. The van der Waals surface area contributed by atoms with Crippen LogP contribution in [0.5, 0.6) is 0 Å². The van der Waals surface area contributed by atoms with Gasteiger partial charge in [0.25, 0.3) is 7.82 Å². The first-order valence-corrected chi connectivity index (χ1v) is 6.05. The van der Waals surface area contributed by atoms with Gasteiger partial charge in [0.05, 0.1) is 6.61 Å². The van der Waals surface area contributed by atoms with Gasteiger partial charge in [-0.05, 0) is 0 Å². The van der Waals surface area contributed by atoms with E-state index in [-0.39, 0.29) is 6.61 Å². The lowest BCUT2D eigenvalue weighted by atomic mass is 10.4. The average molecular weight is 269 g/mol. The van der Waals surface area contributed by atoms with Crippen molar-refractivity contribution in [3.8, 4) is 0 Å². The molecule has 0 aromatic carbocycles. The lowest BCUT2D eigenvalue weighted by Gasteiger charge is -2.23. The number of hydrogen-bond acceptors (Lipinski definition) is 8. The first kappa shape index (κ1) is 16.1. The maximum absolute atomic E-state index is 10.9. The van der Waals surface area contributed by atoms with E-state index in [4.69, 9.17) is 0 Å². The van der Waals surface area contributed by atoms with Crippen molar-refractivity contribution in [2.75, 3.05) is 20.3 Å². The van der Waals surface area contributed by atoms with Gasteiger partial charge in [0, 0.05) is 21.0 Å². The van der Waals surface area contributed by atoms with Gasteiger partial charge >= 0.3 is 11.9 Å². The number of rotatable bonds is 7. The molecule has 0 fully saturated rings. The number of carbonyl (C=O) groups is 2. The molecule has 0 rings (SSSR count). The van der Waals surface area contributed by atoms with Crippen LogP contribution < -0.4 is 4.89 Å². The number of hydrogen-bond donors (Lipinski definition) is 0. The van der Waals surface area contributed by atoms with Crippen LogP contribution in [-0.4, -0.2) is 38.4 Å². The van der Waals surface area contributed by atoms with Crippen molar-refractivity contribution in [2.45, 2.75) is 20.0 Å². The summed E-state index contributed by atoms with van der Waals surface area (Å²) in [4.78, 5) is 32.1. The molecule has 0 bridgehead atoms. The summed E-state index contributed by atoms with van der Waals surface area (Å²) in [7, 11) is -3.47. The molecule has 1 unspecified atom stereocenters. The van der Waals surface area contributed by atoms with Crippen LogP contribution in [0.25, 0.3) is 0 Å². The Kier molecular flexibility index (Phi) is 6.98. The van der Waals surface area contributed by atoms with E-state index in [2.05, 4.69) is 18.5 Å². The average Bonchev–Trinajstić information content (AvgIpc) is 2.21. The minimum Gasteiger partial charge on any atom is -0.756 e. The molecule has 0 saturated heterocycles. The predicted molar refractivity (Wildman–Crippen MR) is 52.8 cm³/mol. The van der Waals surface area contributed by atoms with Crippen LogP contribution in [0.4, 0.5) is 0 Å². The van der Waals surface area contributed by atoms with Gasteiger partial charge in [-0.15, -0.1) is 0 Å². The van der Waals surface area contributed by atoms with E-state index in [0.717, 1.165) is 14.0 Å². The summed E-state index contributed by atoms with van der Waals surface area (Å²) in [5.41, 5.74) is 0. The third kappa shape index (κ3) is 8.82. The number of phosphoric ester groups is 1. The smallest absolute Gasteiger partial charge is 0.303 e. The van der Waals surface area contributed by atoms with E-state index in [9.17, 15) is 19.0 Å². The highest BCUT2D eigenvalue weighted by Crippen LogP contribution is 2.36. The quantitative estimate of drug-likeness (QED) is 0.454. The SMILES string of the molecule is COP(=O)([O-])OC[C@H](COC(C)=O)OC(C)=O. The molecule has 0 aromatic rings. The molecule has 0 aliphatic heterocycles. The third-order valence-electron chi connectivity index (χ3n) is 1.45. The molecule has 100 valence electrons. The molecule has 0 amide bonds. The second-order valence-corrected chi connectivity index (χ2v) is 4.48. The molecule has 0 heterocycles. The van der Waals surface area contributed by atoms with Gasteiger partial charge in [-0.3, -0.25) is 14.2 Å². The maximum atomic E-state index is 10.9. The van der Waals surface area contributed by atoms with Gasteiger partial charge in [0.1, 0.15) is 6.61 Å². The summed E-state index contributed by atoms with van der Waals surface area (Å²) in [5.74, 6) is -1.23. The first-order chi connectivity index (χ1) is 7.76. The molecule has 0 aromatic heterocycles. The highest BCUT2D eigenvalue weighted by atomic mass is 31.2. The Hall–Kier alpha value is -0.950. The van der Waals surface area contributed by atoms with Crippen LogP contribution in [-0.2, 0) is 32.7 Å². The minimum atomic E-state index is -4.40. The normalized spacial score (nSPS) is 15.8. The summed E-state index contributed by atoms with van der Waals surface area (Å²) in [6.07, 6.45) is -1.01. The van der Waals surface area contributed by atoms with Crippen LogP contribution in [0.2, 0.25) is 0 Å². The summed E-state index contributed by atoms with van der Waals surface area (Å²) in [6, 6.07) is 0. The fourth-order valence-electron chi connectivity index (χ4n) is 0.788. The van der Waals surface area contributed by atoms with Crippen molar-refractivity contribution in [3.63, 3.8) is 0 Å². The van der Waals surface area contributed by atoms with Crippen molar-refractivity contribution in [1.29, 1.82) is 0 Å². The molecule has 0 saturated carbocycles. The zero-order valence-electron chi connectivity index (χ0n) is 9.70. The fraction of sp³-hybridized carbons (Fsp3) is 0.750. The van der Waals surface area contributed by atoms with E-state index in [1.54, 1.807) is 0 Å². The Balaban J connectivity index is 4.23. The largest absolute Gasteiger partial charge is 0.756 e. The number of esters is 2. The monoisotopic (exact) mass is 269 g/mol. The predicted octanol–water partition coefficient (Wildman–Crippen LogP) is -0.387. The van der Waals surface area contributed by atoms with Gasteiger partial charge in [-0.1, -0.05) is 0 Å². The molecular formula is C8H14O8P-. The Bertz CT molecular complexity index is 315. The first-order valence-electron chi connectivity index (χ1n) is 4.58. The molecule has 2 atom stereocenters. The molecule has 17 heavy (non-hydrogen) atoms. The Labute approximate surface area is 98.4 Å². The standard InChI is InChI=1S/C8H15O8P/c1-6(9)14-4-8(16-7(2)10)5-15-17(11,12)13-3/h8H,4-5H2,1-3H3,(H,11,12)/p-1/t8-/m0/s1. The van der Waals surface area contributed by atoms with Gasteiger partial charge in [0.2, 0.25) is 0 Å². The molecule has 0 aliphatic rings. The van der Waals surface area contributed by atoms with Crippen LogP contribution >= 0.6 is 7.82 Å². The molecule has 9 heteroatoms. The van der Waals surface area contributed by atoms with E-state index in [0.29, 0.717) is 0 Å². The van der Waals surface area contributed by atoms with Gasteiger partial charge in [-0.2, -0.15) is 0 Å². The lowest BCUT2D eigenvalue weighted by Crippen LogP contribution is -2.29. The van der Waals surface area contributed by atoms with Crippen molar-refractivity contribution >= 4 is 19.8 Å². The van der Waals surface area contributed by atoms with Crippen molar-refractivity contribution in [3.05, 3.63) is 0 Å². The molecular weight excluding hydrogens is 255 g/mol. The molecule has 8 nitrogen and oxygen atoms in total. The molecule has 0 aliphatic carbocycles. The Morgan fingerprint density at radius 1 is 1.24 bits per heavy atom. The topological polar surface area (TPSA) is 111 Å². The number of carbonyl (C=O) groups excluding carboxylic acids is 2. The summed E-state index contributed by atoms with van der Waals surface area (Å²) in [6.45, 7) is 1.52. The van der Waals surface area contributed by atoms with Gasteiger partial charge in [0.15, 0.2) is 6.10 Å². The molecule has 0 N–H and O–H groups in total. The fourth-order valence-corrected chi connectivity index (χ4v) is 1.24. The zero-order valence-corrected chi connectivity index (χ0v) is 10.6. The summed E-state index contributed by atoms with van der Waals surface area (Å²) < 4.78 is 28.6. The number of phosphoric acid groups is 1. The minimum absolute atomic E-state index is 0.293. The Morgan fingerprint density at radius 3 is 2.24 bits per heavy atom. The van der Waals surface area contributed by atoms with E-state index < -0.39 is 32.5 Å². The van der Waals surface area contributed by atoms with Crippen molar-refractivity contribution in [1.82, 2.24) is 0 Å². The maximum Gasteiger partial charge on any atom is 0.303 e. The van der Waals surface area contributed by atoms with Crippen molar-refractivity contribution in [2.24, 2.45) is 0 Å². The Morgan fingerprint density at radius 2 is 1.82 bits per heavy atom. The van der Waals surface area contributed by atoms with Crippen LogP contribution in [0.3, 0.4) is 0 Å². The lowest BCUT2D eigenvalue weighted by molar-refractivity contribution is -0.225. The van der Waals surface area contributed by atoms with Gasteiger partial charge in [-0.25, -0.2) is 0 Å². The van der Waals surface area contributed by atoms with Crippen LogP contribution in [0.1, 0.15) is 13.8 Å².